The number of hydrogen-bond donors (Lipinski definition) is 8. The van der Waals surface area contributed by atoms with E-state index in [4.69, 9.17) is 40.9 Å². The number of rotatable bonds is 11. The summed E-state index contributed by atoms with van der Waals surface area (Å²) in [5.41, 5.74) is 0.167. The van der Waals surface area contributed by atoms with E-state index in [-0.39, 0.29) is 36.8 Å². The molecular formula is C21H28O15. The van der Waals surface area contributed by atoms with Crippen LogP contribution < -0.4 is 0 Å². The summed E-state index contributed by atoms with van der Waals surface area (Å²) in [5, 5.41) is 64.8. The average Bonchev–Trinajstić information content (AvgIpc) is 2.76. The lowest BCUT2D eigenvalue weighted by Gasteiger charge is -1.94. The molecule has 0 bridgehead atoms. The number of benzene rings is 1. The highest BCUT2D eigenvalue weighted by Gasteiger charge is 2.05. The lowest BCUT2D eigenvalue weighted by atomic mass is 10.1. The minimum absolute atomic E-state index is 0.0628. The highest BCUT2D eigenvalue weighted by molar-refractivity contribution is 5.91. The Morgan fingerprint density at radius 2 is 0.778 bits per heavy atom. The molecule has 1 aromatic rings. The molecule has 0 aliphatic heterocycles. The van der Waals surface area contributed by atoms with Gasteiger partial charge in [-0.15, -0.1) is 0 Å². The average molecular weight is 520 g/mol. The van der Waals surface area contributed by atoms with E-state index in [2.05, 4.69) is 0 Å². The van der Waals surface area contributed by atoms with Crippen LogP contribution in [0.2, 0.25) is 0 Å². The van der Waals surface area contributed by atoms with Gasteiger partial charge in [-0.2, -0.15) is 0 Å². The Hall–Kier alpha value is -4.53. The molecule has 0 saturated carbocycles. The zero-order valence-electron chi connectivity index (χ0n) is 19.1. The highest BCUT2D eigenvalue weighted by Crippen LogP contribution is 2.03. The molecule has 0 amide bonds. The van der Waals surface area contributed by atoms with Crippen LogP contribution >= 0.6 is 0 Å². The molecule has 0 aliphatic carbocycles. The molecule has 202 valence electrons. The minimum atomic E-state index is -1.23. The zero-order valence-corrected chi connectivity index (χ0v) is 19.1. The van der Waals surface area contributed by atoms with Gasteiger partial charge in [0.1, 0.15) is 6.10 Å². The largest absolute Gasteiger partial charge is 0.481 e. The van der Waals surface area contributed by atoms with Gasteiger partial charge in [0.2, 0.25) is 0 Å². The third-order valence-electron chi connectivity index (χ3n) is 3.32. The van der Waals surface area contributed by atoms with Crippen LogP contribution in [-0.2, 0) is 24.0 Å². The number of aliphatic hydroxyl groups excluding tert-OH is 1. The molecule has 0 heterocycles. The van der Waals surface area contributed by atoms with Crippen LogP contribution in [0, 0.1) is 0 Å². The summed E-state index contributed by atoms with van der Waals surface area (Å²) in [6, 6.07) is 5.02. The fourth-order valence-corrected chi connectivity index (χ4v) is 1.52. The van der Waals surface area contributed by atoms with Gasteiger partial charge < -0.3 is 40.9 Å². The van der Waals surface area contributed by atoms with Crippen molar-refractivity contribution < 1.29 is 74.4 Å². The Morgan fingerprint density at radius 3 is 0.917 bits per heavy atom. The van der Waals surface area contributed by atoms with Crippen molar-refractivity contribution in [1.29, 1.82) is 0 Å². The predicted octanol–water partition coefficient (Wildman–Crippen LogP) is 1.19. The molecule has 1 aromatic carbocycles. The number of carbonyl (C=O) groups is 7. The molecule has 0 saturated heterocycles. The summed E-state index contributed by atoms with van der Waals surface area (Å²) in [4.78, 5) is 69.2. The van der Waals surface area contributed by atoms with Crippen molar-refractivity contribution in [2.45, 2.75) is 51.6 Å². The van der Waals surface area contributed by atoms with E-state index < -0.39 is 47.9 Å². The zero-order chi connectivity index (χ0) is 28.8. The van der Waals surface area contributed by atoms with Gasteiger partial charge >= 0.3 is 41.8 Å². The van der Waals surface area contributed by atoms with E-state index in [1.54, 1.807) is 0 Å². The molecule has 15 nitrogen and oxygen atoms in total. The number of hydrogen-bond acceptors (Lipinski definition) is 8. The van der Waals surface area contributed by atoms with E-state index in [1.807, 2.05) is 0 Å². The van der Waals surface area contributed by atoms with Crippen LogP contribution in [0.5, 0.6) is 0 Å². The van der Waals surface area contributed by atoms with Gasteiger partial charge in [0.15, 0.2) is 0 Å². The summed E-state index contributed by atoms with van der Waals surface area (Å²) >= 11 is 0. The molecular weight excluding hydrogens is 492 g/mol. The number of unbranched alkanes of at least 4 members (excludes halogenated alkanes) is 1. The molecule has 0 aromatic heterocycles. The van der Waals surface area contributed by atoms with Gasteiger partial charge in [-0.25, -0.2) is 14.4 Å². The van der Waals surface area contributed by atoms with Gasteiger partial charge in [-0.3, -0.25) is 19.2 Å². The normalized spacial score (nSPS) is 9.83. The predicted molar refractivity (Wildman–Crippen MR) is 118 cm³/mol. The van der Waals surface area contributed by atoms with Crippen LogP contribution in [0.3, 0.4) is 0 Å². The third-order valence-corrected chi connectivity index (χ3v) is 3.32. The maximum Gasteiger partial charge on any atom is 0.335 e. The molecule has 36 heavy (non-hydrogen) atoms. The molecule has 0 spiro atoms. The van der Waals surface area contributed by atoms with E-state index in [0.29, 0.717) is 12.8 Å². The maximum atomic E-state index is 10.3. The Balaban J connectivity index is -0.000000417. The van der Waals surface area contributed by atoms with E-state index in [0.717, 1.165) is 0 Å². The second-order valence-electron chi connectivity index (χ2n) is 6.48. The van der Waals surface area contributed by atoms with Crippen molar-refractivity contribution in [1.82, 2.24) is 0 Å². The Labute approximate surface area is 203 Å². The molecule has 0 fully saturated rings. The summed E-state index contributed by atoms with van der Waals surface area (Å²) in [6.45, 7) is 1.20. The molecule has 8 N–H and O–H groups in total. The Kier molecular flexibility index (Phi) is 21.1. The molecule has 0 aliphatic rings. The highest BCUT2D eigenvalue weighted by atomic mass is 16.4. The van der Waals surface area contributed by atoms with Gasteiger partial charge in [0.05, 0.1) is 24.0 Å². The summed E-state index contributed by atoms with van der Waals surface area (Å²) < 4.78 is 0. The first-order chi connectivity index (χ1) is 16.5. The summed E-state index contributed by atoms with van der Waals surface area (Å²) in [5.74, 6) is -7.20. The SMILES string of the molecule is CC(O)C(=O)O.O=C(O)CCC(=O)O.O=C(O)CCCCC(=O)O.O=C(O)c1ccc(C(=O)O)cc1. The van der Waals surface area contributed by atoms with Crippen LogP contribution in [-0.4, -0.2) is 88.7 Å². The van der Waals surface area contributed by atoms with E-state index in [9.17, 15) is 33.6 Å². The first kappa shape index (κ1) is 36.0. The number of aliphatic hydroxyl groups is 1. The second kappa shape index (κ2) is 21.0. The Morgan fingerprint density at radius 1 is 0.556 bits per heavy atom. The van der Waals surface area contributed by atoms with Crippen LogP contribution in [0.15, 0.2) is 24.3 Å². The van der Waals surface area contributed by atoms with Crippen LogP contribution in [0.4, 0.5) is 0 Å². The number of aliphatic carboxylic acids is 5. The maximum absolute atomic E-state index is 10.3. The topological polar surface area (TPSA) is 281 Å². The molecule has 1 unspecified atom stereocenters. The van der Waals surface area contributed by atoms with Gasteiger partial charge in [-0.1, -0.05) is 0 Å². The first-order valence-electron chi connectivity index (χ1n) is 9.85. The van der Waals surface area contributed by atoms with Crippen molar-refractivity contribution >= 4 is 41.8 Å². The fourth-order valence-electron chi connectivity index (χ4n) is 1.52. The quantitative estimate of drug-likeness (QED) is 0.190. The first-order valence-corrected chi connectivity index (χ1v) is 9.85. The van der Waals surface area contributed by atoms with Gasteiger partial charge in [0.25, 0.3) is 0 Å². The monoisotopic (exact) mass is 520 g/mol. The lowest BCUT2D eigenvalue weighted by molar-refractivity contribution is -0.145. The van der Waals surface area contributed by atoms with Crippen molar-refractivity contribution in [2.75, 3.05) is 0 Å². The molecule has 15 heteroatoms. The Bertz CT molecular complexity index is 809. The molecule has 1 rings (SSSR count). The second-order valence-corrected chi connectivity index (χ2v) is 6.48. The number of carboxylic acids is 7. The number of aromatic carboxylic acids is 2. The molecule has 1 atom stereocenters. The van der Waals surface area contributed by atoms with Crippen LogP contribution in [0.1, 0.15) is 66.2 Å². The fraction of sp³-hybridized carbons (Fsp3) is 0.381. The van der Waals surface area contributed by atoms with Crippen molar-refractivity contribution in [2.24, 2.45) is 0 Å². The van der Waals surface area contributed by atoms with E-state index in [1.165, 1.54) is 31.2 Å². The minimum Gasteiger partial charge on any atom is -0.481 e. The standard InChI is InChI=1S/C8H6O4.C6H10O4.C4H6O4.C3H6O3/c9-7(10)5-1-2-6(4-3-5)8(11)12;7-5(8)3-1-2-4-6(9)10;5-3(6)1-2-4(7)8;1-2(4)3(5)6/h1-4H,(H,9,10)(H,11,12);1-4H2,(H,7,8)(H,9,10);1-2H2,(H,5,6)(H,7,8);2,4H,1H3,(H,5,6). The van der Waals surface area contributed by atoms with Gasteiger partial charge in [-0.05, 0) is 44.0 Å². The van der Waals surface area contributed by atoms with Crippen molar-refractivity contribution in [3.63, 3.8) is 0 Å². The van der Waals surface area contributed by atoms with Gasteiger partial charge in [0, 0.05) is 12.8 Å². The van der Waals surface area contributed by atoms with Crippen molar-refractivity contribution in [3.05, 3.63) is 35.4 Å². The van der Waals surface area contributed by atoms with Crippen molar-refractivity contribution in [3.8, 4) is 0 Å². The smallest absolute Gasteiger partial charge is 0.335 e. The lowest BCUT2D eigenvalue weighted by Crippen LogP contribution is -2.13. The number of carboxylic acid groups (broad SMARTS) is 7. The van der Waals surface area contributed by atoms with E-state index >= 15 is 0 Å². The molecule has 0 radical (unpaired) electrons. The summed E-state index contributed by atoms with van der Waals surface area (Å²) in [6.07, 6.45) is -0.806. The third kappa shape index (κ3) is 27.5. The summed E-state index contributed by atoms with van der Waals surface area (Å²) in [7, 11) is 0. The van der Waals surface area contributed by atoms with Crippen LogP contribution in [0.25, 0.3) is 0 Å².